The summed E-state index contributed by atoms with van der Waals surface area (Å²) in [7, 11) is 0. The van der Waals surface area contributed by atoms with Crippen LogP contribution < -0.4 is 5.32 Å². The van der Waals surface area contributed by atoms with E-state index in [-0.39, 0.29) is 5.91 Å². The summed E-state index contributed by atoms with van der Waals surface area (Å²) in [6.07, 6.45) is 3.61. The van der Waals surface area contributed by atoms with Crippen LogP contribution in [0.15, 0.2) is 24.3 Å². The molecule has 1 aromatic rings. The number of carboxylic acid groups (broad SMARTS) is 1. The second kappa shape index (κ2) is 6.48. The summed E-state index contributed by atoms with van der Waals surface area (Å²) < 4.78 is 0. The van der Waals surface area contributed by atoms with Gasteiger partial charge in [-0.1, -0.05) is 43.5 Å². The van der Waals surface area contributed by atoms with Crippen molar-refractivity contribution in [2.24, 2.45) is 0 Å². The number of benzene rings is 1. The van der Waals surface area contributed by atoms with Crippen LogP contribution in [0.5, 0.6) is 0 Å². The van der Waals surface area contributed by atoms with Gasteiger partial charge in [0.25, 0.3) is 0 Å². The first kappa shape index (κ1) is 15.8. The zero-order chi connectivity index (χ0) is 15.5. The van der Waals surface area contributed by atoms with Crippen molar-refractivity contribution in [1.82, 2.24) is 5.32 Å². The molecular weight excluding hydrogens is 290 g/mol. The molecule has 1 atom stereocenters. The normalized spacial score (nSPS) is 17.0. The highest BCUT2D eigenvalue weighted by molar-refractivity contribution is 6.30. The van der Waals surface area contributed by atoms with Crippen molar-refractivity contribution >= 4 is 23.5 Å². The number of hydrogen-bond acceptors (Lipinski definition) is 2. The number of unbranched alkanes of at least 4 members (excludes halogenated alkanes) is 1. The molecule has 21 heavy (non-hydrogen) atoms. The van der Waals surface area contributed by atoms with Crippen LogP contribution in [0.1, 0.15) is 44.6 Å². The van der Waals surface area contributed by atoms with Crippen LogP contribution in [0.3, 0.4) is 0 Å². The molecule has 0 spiro atoms. The molecule has 4 nitrogen and oxygen atoms in total. The SMILES string of the molecule is CCCCC(NC(=O)C1(c2cccc(Cl)c2)CC1)C(=O)O. The van der Waals surface area contributed by atoms with Crippen molar-refractivity contribution < 1.29 is 14.7 Å². The molecule has 0 heterocycles. The Hall–Kier alpha value is -1.55. The number of carboxylic acids is 1. The van der Waals surface area contributed by atoms with E-state index in [1.54, 1.807) is 12.1 Å². The van der Waals surface area contributed by atoms with Crippen LogP contribution in [0.25, 0.3) is 0 Å². The lowest BCUT2D eigenvalue weighted by Crippen LogP contribution is -2.45. The average molecular weight is 310 g/mol. The minimum Gasteiger partial charge on any atom is -0.480 e. The van der Waals surface area contributed by atoms with Crippen molar-refractivity contribution in [2.45, 2.75) is 50.5 Å². The third kappa shape index (κ3) is 3.56. The molecule has 1 amide bonds. The molecule has 2 rings (SSSR count). The van der Waals surface area contributed by atoms with Crippen molar-refractivity contribution in [1.29, 1.82) is 0 Å². The molecule has 0 radical (unpaired) electrons. The number of amides is 1. The summed E-state index contributed by atoms with van der Waals surface area (Å²) >= 11 is 5.98. The van der Waals surface area contributed by atoms with E-state index in [1.165, 1.54) is 0 Å². The summed E-state index contributed by atoms with van der Waals surface area (Å²) in [6, 6.07) is 6.43. The lowest BCUT2D eigenvalue weighted by molar-refractivity contribution is -0.142. The molecule has 1 aliphatic carbocycles. The maximum absolute atomic E-state index is 12.5. The minimum atomic E-state index is -0.973. The Labute approximate surface area is 129 Å². The summed E-state index contributed by atoms with van der Waals surface area (Å²) in [4.78, 5) is 23.7. The van der Waals surface area contributed by atoms with Crippen molar-refractivity contribution in [3.63, 3.8) is 0 Å². The van der Waals surface area contributed by atoms with E-state index < -0.39 is 17.4 Å². The molecule has 0 aromatic heterocycles. The Morgan fingerprint density at radius 1 is 1.43 bits per heavy atom. The Kier molecular flexibility index (Phi) is 4.88. The van der Waals surface area contributed by atoms with Gasteiger partial charge in [0.2, 0.25) is 5.91 Å². The highest BCUT2D eigenvalue weighted by Gasteiger charge is 2.51. The van der Waals surface area contributed by atoms with Crippen molar-refractivity contribution in [3.8, 4) is 0 Å². The van der Waals surface area contributed by atoms with Gasteiger partial charge in [-0.15, -0.1) is 0 Å². The third-order valence-electron chi connectivity index (χ3n) is 4.01. The number of rotatable bonds is 7. The van der Waals surface area contributed by atoms with E-state index >= 15 is 0 Å². The van der Waals surface area contributed by atoms with Gasteiger partial charge in [0.1, 0.15) is 6.04 Å². The van der Waals surface area contributed by atoms with E-state index in [9.17, 15) is 14.7 Å². The fraction of sp³-hybridized carbons (Fsp3) is 0.500. The van der Waals surface area contributed by atoms with E-state index in [0.717, 1.165) is 31.2 Å². The smallest absolute Gasteiger partial charge is 0.326 e. The minimum absolute atomic E-state index is 0.201. The second-order valence-electron chi connectivity index (χ2n) is 5.60. The molecule has 0 saturated heterocycles. The number of carbonyl (C=O) groups is 2. The first-order valence-corrected chi connectivity index (χ1v) is 7.67. The number of nitrogens with one attached hydrogen (secondary N) is 1. The number of carbonyl (C=O) groups excluding carboxylic acids is 1. The zero-order valence-corrected chi connectivity index (χ0v) is 12.8. The Bertz CT molecular complexity index is 540. The third-order valence-corrected chi connectivity index (χ3v) is 4.25. The van der Waals surface area contributed by atoms with Gasteiger partial charge >= 0.3 is 5.97 Å². The molecule has 1 unspecified atom stereocenters. The van der Waals surface area contributed by atoms with E-state index in [1.807, 2.05) is 19.1 Å². The van der Waals surface area contributed by atoms with E-state index in [0.29, 0.717) is 11.4 Å². The molecule has 1 fully saturated rings. The molecule has 1 saturated carbocycles. The highest BCUT2D eigenvalue weighted by Crippen LogP contribution is 2.48. The average Bonchev–Trinajstić information content (AvgIpc) is 3.24. The van der Waals surface area contributed by atoms with Crippen LogP contribution in [-0.2, 0) is 15.0 Å². The van der Waals surface area contributed by atoms with Gasteiger partial charge in [-0.2, -0.15) is 0 Å². The zero-order valence-electron chi connectivity index (χ0n) is 12.1. The number of hydrogen-bond donors (Lipinski definition) is 2. The molecule has 1 aliphatic rings. The van der Waals surface area contributed by atoms with Gasteiger partial charge < -0.3 is 10.4 Å². The molecule has 0 bridgehead atoms. The predicted molar refractivity (Wildman–Crippen MR) is 81.5 cm³/mol. The quantitative estimate of drug-likeness (QED) is 0.813. The molecule has 5 heteroatoms. The molecular formula is C16H20ClNO3. The van der Waals surface area contributed by atoms with Crippen LogP contribution in [0.4, 0.5) is 0 Å². The summed E-state index contributed by atoms with van der Waals surface area (Å²) in [5.41, 5.74) is 0.275. The largest absolute Gasteiger partial charge is 0.480 e. The molecule has 0 aliphatic heterocycles. The lowest BCUT2D eigenvalue weighted by atomic mass is 9.94. The van der Waals surface area contributed by atoms with Crippen LogP contribution in [-0.4, -0.2) is 23.0 Å². The topological polar surface area (TPSA) is 66.4 Å². The van der Waals surface area contributed by atoms with Crippen LogP contribution >= 0.6 is 11.6 Å². The maximum Gasteiger partial charge on any atom is 0.326 e. The van der Waals surface area contributed by atoms with Crippen molar-refractivity contribution in [2.75, 3.05) is 0 Å². The molecule has 114 valence electrons. The van der Waals surface area contributed by atoms with Crippen LogP contribution in [0.2, 0.25) is 5.02 Å². The molecule has 1 aromatic carbocycles. The highest BCUT2D eigenvalue weighted by atomic mass is 35.5. The van der Waals surface area contributed by atoms with Gasteiger partial charge in [-0.05, 0) is 37.0 Å². The Morgan fingerprint density at radius 2 is 2.14 bits per heavy atom. The summed E-state index contributed by atoms with van der Waals surface area (Å²) in [6.45, 7) is 2.00. The van der Waals surface area contributed by atoms with E-state index in [4.69, 9.17) is 11.6 Å². The van der Waals surface area contributed by atoms with Gasteiger partial charge in [-0.3, -0.25) is 4.79 Å². The van der Waals surface area contributed by atoms with Gasteiger partial charge in [0.15, 0.2) is 0 Å². The summed E-state index contributed by atoms with van der Waals surface area (Å²) in [5.74, 6) is -1.17. The second-order valence-corrected chi connectivity index (χ2v) is 6.04. The standard InChI is InChI=1S/C16H20ClNO3/c1-2-3-7-13(14(19)20)18-15(21)16(8-9-16)11-5-4-6-12(17)10-11/h4-6,10,13H,2-3,7-9H2,1H3,(H,18,21)(H,19,20). The maximum atomic E-state index is 12.5. The lowest BCUT2D eigenvalue weighted by Gasteiger charge is -2.20. The number of aliphatic carboxylic acids is 1. The number of halogens is 1. The monoisotopic (exact) mass is 309 g/mol. The summed E-state index contributed by atoms with van der Waals surface area (Å²) in [5, 5.41) is 12.5. The fourth-order valence-electron chi connectivity index (χ4n) is 2.52. The van der Waals surface area contributed by atoms with Gasteiger partial charge in [-0.25, -0.2) is 4.79 Å². The Morgan fingerprint density at radius 3 is 2.67 bits per heavy atom. The van der Waals surface area contributed by atoms with Gasteiger partial charge in [0, 0.05) is 5.02 Å². The first-order chi connectivity index (χ1) is 9.99. The van der Waals surface area contributed by atoms with Gasteiger partial charge in [0.05, 0.1) is 5.41 Å². The predicted octanol–water partition coefficient (Wildman–Crippen LogP) is 3.13. The first-order valence-electron chi connectivity index (χ1n) is 7.29. The molecule has 2 N–H and O–H groups in total. The van der Waals surface area contributed by atoms with E-state index in [2.05, 4.69) is 5.32 Å². The fourth-order valence-corrected chi connectivity index (χ4v) is 2.71. The van der Waals surface area contributed by atoms with Crippen LogP contribution in [0, 0.1) is 0 Å². The van der Waals surface area contributed by atoms with Crippen molar-refractivity contribution in [3.05, 3.63) is 34.9 Å². The Balaban J connectivity index is 2.10.